The number of benzene rings is 1. The predicted molar refractivity (Wildman–Crippen MR) is 59.5 cm³/mol. The van der Waals surface area contributed by atoms with Crippen molar-refractivity contribution in [3.05, 3.63) is 35.4 Å². The largest absolute Gasteiger partial charge is 0.329 e. The summed E-state index contributed by atoms with van der Waals surface area (Å²) in [6.07, 6.45) is 0. The van der Waals surface area contributed by atoms with E-state index in [1.54, 1.807) is 4.90 Å². The summed E-state index contributed by atoms with van der Waals surface area (Å²) in [5.41, 5.74) is 0.584. The Kier molecular flexibility index (Phi) is 3.00. The Morgan fingerprint density at radius 1 is 1.35 bits per heavy atom. The first kappa shape index (κ1) is 11.8. The summed E-state index contributed by atoms with van der Waals surface area (Å²) in [4.78, 5) is 13.3. The van der Waals surface area contributed by atoms with E-state index in [2.05, 4.69) is 5.32 Å². The fourth-order valence-corrected chi connectivity index (χ4v) is 1.92. The van der Waals surface area contributed by atoms with Crippen LogP contribution in [0, 0.1) is 11.6 Å². The van der Waals surface area contributed by atoms with Crippen molar-refractivity contribution >= 4 is 6.03 Å². The van der Waals surface area contributed by atoms with E-state index in [1.165, 1.54) is 6.07 Å². The first-order valence-electron chi connectivity index (χ1n) is 5.51. The second-order valence-corrected chi connectivity index (χ2v) is 4.42. The first-order chi connectivity index (χ1) is 7.99. The molecule has 1 aromatic rings. The van der Waals surface area contributed by atoms with Crippen LogP contribution in [0.3, 0.4) is 0 Å². The van der Waals surface area contributed by atoms with Crippen molar-refractivity contribution in [3.63, 3.8) is 0 Å². The van der Waals surface area contributed by atoms with Gasteiger partial charge >= 0.3 is 6.03 Å². The Hall–Kier alpha value is -1.65. The van der Waals surface area contributed by atoms with Gasteiger partial charge in [-0.3, -0.25) is 0 Å². The summed E-state index contributed by atoms with van der Waals surface area (Å²) in [6.45, 7) is 4.29. The molecule has 0 aromatic heterocycles. The van der Waals surface area contributed by atoms with Gasteiger partial charge in [0, 0.05) is 12.6 Å². The molecule has 1 aromatic carbocycles. The molecule has 0 radical (unpaired) electrons. The lowest BCUT2D eigenvalue weighted by Gasteiger charge is -2.18. The van der Waals surface area contributed by atoms with E-state index in [0.29, 0.717) is 12.1 Å². The van der Waals surface area contributed by atoms with Crippen molar-refractivity contribution in [1.29, 1.82) is 0 Å². The second-order valence-electron chi connectivity index (χ2n) is 4.42. The molecule has 0 spiro atoms. The van der Waals surface area contributed by atoms with E-state index in [0.717, 1.165) is 12.1 Å². The highest BCUT2D eigenvalue weighted by Crippen LogP contribution is 2.23. The van der Waals surface area contributed by atoms with Crippen LogP contribution in [0.4, 0.5) is 13.6 Å². The predicted octanol–water partition coefficient (Wildman–Crippen LogP) is 2.44. The van der Waals surface area contributed by atoms with Crippen LogP contribution in [0.5, 0.6) is 0 Å². The molecule has 0 bridgehead atoms. The fourth-order valence-electron chi connectivity index (χ4n) is 1.92. The first-order valence-corrected chi connectivity index (χ1v) is 5.51. The van der Waals surface area contributed by atoms with E-state index in [4.69, 9.17) is 0 Å². The summed E-state index contributed by atoms with van der Waals surface area (Å²) >= 11 is 0. The maximum absolute atomic E-state index is 13.1. The van der Waals surface area contributed by atoms with E-state index in [9.17, 15) is 13.6 Å². The minimum atomic E-state index is -0.889. The maximum Gasteiger partial charge on any atom is 0.318 e. The number of halogens is 2. The van der Waals surface area contributed by atoms with Crippen LogP contribution in [-0.4, -0.2) is 23.5 Å². The van der Waals surface area contributed by atoms with Gasteiger partial charge in [0.2, 0.25) is 0 Å². The number of hydrogen-bond donors (Lipinski definition) is 1. The number of rotatable bonds is 2. The Bertz CT molecular complexity index is 448. The van der Waals surface area contributed by atoms with Crippen molar-refractivity contribution in [3.8, 4) is 0 Å². The average molecular weight is 240 g/mol. The molecular formula is C12H14F2N2O. The zero-order valence-electron chi connectivity index (χ0n) is 9.71. The third-order valence-corrected chi connectivity index (χ3v) is 2.91. The molecule has 1 aliphatic rings. The van der Waals surface area contributed by atoms with Gasteiger partial charge in [0.05, 0.1) is 6.04 Å². The van der Waals surface area contributed by atoms with Gasteiger partial charge in [0.1, 0.15) is 0 Å². The third kappa shape index (κ3) is 2.23. The van der Waals surface area contributed by atoms with Crippen LogP contribution in [0.15, 0.2) is 18.2 Å². The van der Waals surface area contributed by atoms with Crippen molar-refractivity contribution in [1.82, 2.24) is 10.2 Å². The number of amides is 2. The monoisotopic (exact) mass is 240 g/mol. The second kappa shape index (κ2) is 4.31. The van der Waals surface area contributed by atoms with Crippen LogP contribution < -0.4 is 5.32 Å². The molecule has 1 unspecified atom stereocenters. The quantitative estimate of drug-likeness (QED) is 0.846. The highest BCUT2D eigenvalue weighted by molar-refractivity contribution is 5.77. The van der Waals surface area contributed by atoms with Crippen molar-refractivity contribution in [2.75, 3.05) is 6.54 Å². The molecule has 1 atom stereocenters. The van der Waals surface area contributed by atoms with Crippen LogP contribution >= 0.6 is 0 Å². The lowest BCUT2D eigenvalue weighted by Crippen LogP contribution is -2.33. The number of carbonyl (C=O) groups excluding carboxylic acids is 1. The van der Waals surface area contributed by atoms with Gasteiger partial charge < -0.3 is 10.2 Å². The molecule has 17 heavy (non-hydrogen) atoms. The number of nitrogens with one attached hydrogen (secondary N) is 1. The lowest BCUT2D eigenvalue weighted by atomic mass is 10.1. The summed E-state index contributed by atoms with van der Waals surface area (Å²) < 4.78 is 25.9. The lowest BCUT2D eigenvalue weighted by molar-refractivity contribution is 0.206. The van der Waals surface area contributed by atoms with Crippen LogP contribution in [-0.2, 0) is 0 Å². The molecule has 2 amide bonds. The number of nitrogens with zero attached hydrogens (tertiary/aromatic N) is 1. The molecule has 1 fully saturated rings. The smallest absolute Gasteiger partial charge is 0.318 e. The molecule has 1 saturated heterocycles. The van der Waals surface area contributed by atoms with Gasteiger partial charge in [-0.15, -0.1) is 0 Å². The summed E-state index contributed by atoms with van der Waals surface area (Å²) in [7, 11) is 0. The van der Waals surface area contributed by atoms with Gasteiger partial charge in [-0.2, -0.15) is 0 Å². The van der Waals surface area contributed by atoms with Crippen LogP contribution in [0.1, 0.15) is 25.5 Å². The number of carbonyl (C=O) groups is 1. The van der Waals surface area contributed by atoms with Crippen LogP contribution in [0.2, 0.25) is 0 Å². The molecule has 92 valence electrons. The summed E-state index contributed by atoms with van der Waals surface area (Å²) in [5.74, 6) is -1.77. The van der Waals surface area contributed by atoms with E-state index in [1.807, 2.05) is 13.8 Å². The van der Waals surface area contributed by atoms with Gasteiger partial charge in [-0.05, 0) is 31.5 Å². The minimum absolute atomic E-state index is 0.0882. The topological polar surface area (TPSA) is 32.3 Å². The van der Waals surface area contributed by atoms with E-state index in [-0.39, 0.29) is 18.1 Å². The molecule has 0 aliphatic carbocycles. The molecule has 2 rings (SSSR count). The Labute approximate surface area is 98.4 Å². The van der Waals surface area contributed by atoms with Gasteiger partial charge in [0.15, 0.2) is 11.6 Å². The number of hydrogen-bond acceptors (Lipinski definition) is 1. The van der Waals surface area contributed by atoms with Gasteiger partial charge in [0.25, 0.3) is 0 Å². The average Bonchev–Trinajstić information content (AvgIpc) is 2.64. The Balaban J connectivity index is 2.20. The molecular weight excluding hydrogens is 226 g/mol. The van der Waals surface area contributed by atoms with E-state index >= 15 is 0 Å². The number of urea groups is 1. The normalized spacial score (nSPS) is 19.9. The molecule has 3 nitrogen and oxygen atoms in total. The van der Waals surface area contributed by atoms with Crippen molar-refractivity contribution in [2.24, 2.45) is 0 Å². The van der Waals surface area contributed by atoms with Gasteiger partial charge in [-0.25, -0.2) is 13.6 Å². The summed E-state index contributed by atoms with van der Waals surface area (Å²) in [6, 6.07) is 3.34. The minimum Gasteiger partial charge on any atom is -0.329 e. The van der Waals surface area contributed by atoms with Crippen molar-refractivity contribution < 1.29 is 13.6 Å². The molecule has 1 heterocycles. The highest BCUT2D eigenvalue weighted by atomic mass is 19.2. The van der Waals surface area contributed by atoms with E-state index < -0.39 is 11.6 Å². The third-order valence-electron chi connectivity index (χ3n) is 2.91. The zero-order valence-corrected chi connectivity index (χ0v) is 9.71. The summed E-state index contributed by atoms with van der Waals surface area (Å²) in [5, 5.41) is 2.75. The molecule has 1 aliphatic heterocycles. The maximum atomic E-state index is 13.1. The molecule has 5 heteroatoms. The zero-order chi connectivity index (χ0) is 12.6. The SMILES string of the molecule is CC(C)N1CC(c2ccc(F)c(F)c2)NC1=O. The highest BCUT2D eigenvalue weighted by Gasteiger charge is 2.31. The molecule has 0 saturated carbocycles. The standard InChI is InChI=1S/C12H14F2N2O/c1-7(2)16-6-11(15-12(16)17)8-3-4-9(13)10(14)5-8/h3-5,7,11H,6H2,1-2H3,(H,15,17). The van der Waals surface area contributed by atoms with Gasteiger partial charge in [-0.1, -0.05) is 6.07 Å². The molecule has 1 N–H and O–H groups in total. The van der Waals surface area contributed by atoms with Crippen LogP contribution in [0.25, 0.3) is 0 Å². The Morgan fingerprint density at radius 2 is 2.06 bits per heavy atom. The Morgan fingerprint density at radius 3 is 2.59 bits per heavy atom. The fraction of sp³-hybridized carbons (Fsp3) is 0.417. The van der Waals surface area contributed by atoms with Crippen molar-refractivity contribution in [2.45, 2.75) is 25.9 Å².